The largest absolute Gasteiger partial charge is 0.508 e. The second-order valence-corrected chi connectivity index (χ2v) is 13.2. The van der Waals surface area contributed by atoms with Crippen molar-refractivity contribution in [3.63, 3.8) is 0 Å². The highest BCUT2D eigenvalue weighted by Gasteiger charge is 2.29. The van der Waals surface area contributed by atoms with Crippen LogP contribution in [0.2, 0.25) is 0 Å². The zero-order chi connectivity index (χ0) is 39.0. The number of aliphatic hydroxyl groups excluding tert-OH is 1. The number of carbonyl (C=O) groups excluding carboxylic acids is 5. The summed E-state index contributed by atoms with van der Waals surface area (Å²) < 4.78 is 13.3. The smallest absolute Gasteiger partial charge is 0.244 e. The Morgan fingerprint density at radius 1 is 0.833 bits per heavy atom. The molecule has 0 spiro atoms. The third kappa shape index (κ3) is 12.2. The SMILES string of the molecule is CN(C(=O)CCc1ccc(F)cc1)[C@@H](Cc1ccc(O)cc1)C(=O)N[C@@H](C=O)CCCCNC(=O)[C@H](CO)NC(=O)[C@@H](N)Cc1cccc2ccccc12. The Bertz CT molecular complexity index is 1870. The summed E-state index contributed by atoms with van der Waals surface area (Å²) in [4.78, 5) is 65.7. The number of phenols is 1. The summed E-state index contributed by atoms with van der Waals surface area (Å²) in [6, 6.07) is 21.5. The molecule has 0 aliphatic heterocycles. The van der Waals surface area contributed by atoms with Crippen LogP contribution in [0, 0.1) is 5.82 Å². The number of unbranched alkanes of at least 4 members (excludes halogenated alkanes) is 1. The number of hydrogen-bond donors (Lipinski definition) is 6. The molecule has 4 aromatic rings. The molecule has 4 atom stereocenters. The summed E-state index contributed by atoms with van der Waals surface area (Å²) in [6.45, 7) is -0.451. The van der Waals surface area contributed by atoms with Crippen molar-refractivity contribution in [2.45, 2.75) is 69.1 Å². The third-order valence-electron chi connectivity index (χ3n) is 9.27. The van der Waals surface area contributed by atoms with E-state index in [2.05, 4.69) is 16.0 Å². The first-order valence-electron chi connectivity index (χ1n) is 17.9. The van der Waals surface area contributed by atoms with Crippen LogP contribution in [0.15, 0.2) is 91.0 Å². The molecule has 0 heterocycles. The van der Waals surface area contributed by atoms with Crippen molar-refractivity contribution in [1.82, 2.24) is 20.9 Å². The van der Waals surface area contributed by atoms with Crippen molar-refractivity contribution in [2.75, 3.05) is 20.2 Å². The Hall–Kier alpha value is -5.66. The van der Waals surface area contributed by atoms with Crippen LogP contribution in [0.1, 0.15) is 42.4 Å². The van der Waals surface area contributed by atoms with Crippen molar-refractivity contribution in [1.29, 1.82) is 0 Å². The molecule has 4 amide bonds. The van der Waals surface area contributed by atoms with Crippen LogP contribution in [0.3, 0.4) is 0 Å². The van der Waals surface area contributed by atoms with Crippen LogP contribution in [-0.2, 0) is 43.2 Å². The Kier molecular flexibility index (Phi) is 15.6. The average molecular weight is 742 g/mol. The number of aryl methyl sites for hydroxylation is 1. The second kappa shape index (κ2) is 20.5. The van der Waals surface area contributed by atoms with E-state index < -0.39 is 48.5 Å². The highest BCUT2D eigenvalue weighted by Crippen LogP contribution is 2.20. The van der Waals surface area contributed by atoms with Crippen LogP contribution in [0.4, 0.5) is 4.39 Å². The topological polar surface area (TPSA) is 191 Å². The molecular formula is C41H48FN5O7. The number of fused-ring (bicyclic) bond motifs is 1. The lowest BCUT2D eigenvalue weighted by Gasteiger charge is -2.29. The van der Waals surface area contributed by atoms with Gasteiger partial charge in [0.15, 0.2) is 0 Å². The molecule has 0 aliphatic rings. The highest BCUT2D eigenvalue weighted by atomic mass is 19.1. The molecule has 13 heteroatoms. The van der Waals surface area contributed by atoms with E-state index in [4.69, 9.17) is 5.73 Å². The molecule has 0 unspecified atom stereocenters. The first-order valence-corrected chi connectivity index (χ1v) is 17.9. The molecule has 0 aromatic heterocycles. The van der Waals surface area contributed by atoms with Gasteiger partial charge < -0.3 is 41.6 Å². The number of carbonyl (C=O) groups is 5. The molecule has 0 radical (unpaired) electrons. The summed E-state index contributed by atoms with van der Waals surface area (Å²) in [5.74, 6) is -2.35. The van der Waals surface area contributed by atoms with Crippen molar-refractivity contribution in [3.05, 3.63) is 114 Å². The summed E-state index contributed by atoms with van der Waals surface area (Å²) in [5, 5.41) is 29.4. The van der Waals surface area contributed by atoms with E-state index in [1.165, 1.54) is 36.2 Å². The maximum Gasteiger partial charge on any atom is 0.244 e. The number of aldehydes is 1. The average Bonchev–Trinajstić information content (AvgIpc) is 3.18. The van der Waals surface area contributed by atoms with Gasteiger partial charge in [-0.25, -0.2) is 4.39 Å². The molecule has 54 heavy (non-hydrogen) atoms. The van der Waals surface area contributed by atoms with Gasteiger partial charge in [0.25, 0.3) is 0 Å². The molecular weight excluding hydrogens is 693 g/mol. The monoisotopic (exact) mass is 741 g/mol. The van der Waals surface area contributed by atoms with Crippen molar-refractivity contribution in [3.8, 4) is 5.75 Å². The Morgan fingerprint density at radius 3 is 2.22 bits per heavy atom. The number of halogens is 1. The van der Waals surface area contributed by atoms with Crippen LogP contribution >= 0.6 is 0 Å². The molecule has 0 bridgehead atoms. The minimum absolute atomic E-state index is 0.0503. The van der Waals surface area contributed by atoms with Gasteiger partial charge in [0.1, 0.15) is 29.9 Å². The molecule has 4 aromatic carbocycles. The van der Waals surface area contributed by atoms with E-state index >= 15 is 0 Å². The lowest BCUT2D eigenvalue weighted by atomic mass is 9.98. The first kappa shape index (κ1) is 41.1. The maximum atomic E-state index is 13.5. The van der Waals surface area contributed by atoms with Gasteiger partial charge in [-0.15, -0.1) is 0 Å². The van der Waals surface area contributed by atoms with Gasteiger partial charge in [-0.05, 0) is 83.8 Å². The first-order chi connectivity index (χ1) is 26.0. The molecule has 7 N–H and O–H groups in total. The van der Waals surface area contributed by atoms with Crippen LogP contribution in [0.25, 0.3) is 10.8 Å². The maximum absolute atomic E-state index is 13.5. The number of hydrogen-bond acceptors (Lipinski definition) is 8. The second-order valence-electron chi connectivity index (χ2n) is 13.2. The number of benzene rings is 4. The van der Waals surface area contributed by atoms with Crippen LogP contribution < -0.4 is 21.7 Å². The lowest BCUT2D eigenvalue weighted by molar-refractivity contribution is -0.139. The van der Waals surface area contributed by atoms with Gasteiger partial charge in [-0.3, -0.25) is 19.2 Å². The van der Waals surface area contributed by atoms with E-state index in [0.29, 0.717) is 31.1 Å². The van der Waals surface area contributed by atoms with E-state index in [9.17, 15) is 38.6 Å². The summed E-state index contributed by atoms with van der Waals surface area (Å²) in [7, 11) is 1.51. The zero-order valence-corrected chi connectivity index (χ0v) is 30.2. The van der Waals surface area contributed by atoms with Gasteiger partial charge in [0.2, 0.25) is 23.6 Å². The molecule has 0 saturated heterocycles. The number of aliphatic hydroxyl groups is 1. The van der Waals surface area contributed by atoms with E-state index in [1.54, 1.807) is 24.3 Å². The summed E-state index contributed by atoms with van der Waals surface area (Å²) in [6.07, 6.45) is 2.51. The Labute approximate surface area is 313 Å². The minimum Gasteiger partial charge on any atom is -0.508 e. The predicted octanol–water partition coefficient (Wildman–Crippen LogP) is 2.70. The standard InChI is InChI=1S/C41H48FN5O7/c1-47(38(51)21-16-27-12-17-31(42)18-13-27)37(23-28-14-19-33(50)20-15-28)41(54)45-32(25-48)10-4-5-22-44-40(53)36(26-49)46-39(52)35(43)24-30-9-6-8-29-7-2-3-11-34(29)30/h2-3,6-9,11-15,17-20,25,32,35-37,49-50H,4-5,10,16,21-24,26,43H2,1H3,(H,44,53)(H,45,54)(H,46,52)/t32-,35+,36+,37+/m1/s1. The zero-order valence-electron chi connectivity index (χ0n) is 30.2. The third-order valence-corrected chi connectivity index (χ3v) is 9.27. The number of rotatable bonds is 20. The van der Waals surface area contributed by atoms with Crippen LogP contribution in [0.5, 0.6) is 5.75 Å². The highest BCUT2D eigenvalue weighted by molar-refractivity contribution is 5.91. The van der Waals surface area contributed by atoms with Gasteiger partial charge in [0, 0.05) is 26.4 Å². The summed E-state index contributed by atoms with van der Waals surface area (Å²) >= 11 is 0. The van der Waals surface area contributed by atoms with E-state index in [1.807, 2.05) is 42.5 Å². The van der Waals surface area contributed by atoms with E-state index in [-0.39, 0.29) is 49.7 Å². The lowest BCUT2D eigenvalue weighted by Crippen LogP contribution is -2.53. The summed E-state index contributed by atoms with van der Waals surface area (Å²) in [5.41, 5.74) is 8.51. The fourth-order valence-corrected chi connectivity index (χ4v) is 6.06. The normalized spacial score (nSPS) is 13.3. The number of nitrogens with two attached hydrogens (primary N) is 1. The number of nitrogens with zero attached hydrogens (tertiary/aromatic N) is 1. The van der Waals surface area contributed by atoms with Crippen LogP contribution in [-0.4, -0.2) is 89.4 Å². The molecule has 0 saturated carbocycles. The molecule has 4 rings (SSSR count). The van der Waals surface area contributed by atoms with Gasteiger partial charge in [0.05, 0.1) is 18.7 Å². The van der Waals surface area contributed by atoms with Crippen molar-refractivity contribution >= 4 is 40.7 Å². The number of phenolic OH excluding ortho intramolecular Hbond substituents is 1. The van der Waals surface area contributed by atoms with Gasteiger partial charge >= 0.3 is 0 Å². The Balaban J connectivity index is 1.24. The number of amides is 4. The molecule has 12 nitrogen and oxygen atoms in total. The van der Waals surface area contributed by atoms with Gasteiger partial charge in [-0.2, -0.15) is 0 Å². The number of likely N-dealkylation sites (N-methyl/N-ethyl adjacent to an activating group) is 1. The predicted molar refractivity (Wildman–Crippen MR) is 203 cm³/mol. The minimum atomic E-state index is -1.21. The fraction of sp³-hybridized carbons (Fsp3) is 0.341. The molecule has 0 aliphatic carbocycles. The van der Waals surface area contributed by atoms with Crippen molar-refractivity contribution in [2.24, 2.45) is 5.73 Å². The Morgan fingerprint density at radius 2 is 1.52 bits per heavy atom. The number of nitrogens with one attached hydrogen (secondary N) is 3. The van der Waals surface area contributed by atoms with Crippen molar-refractivity contribution < 1.29 is 38.6 Å². The quantitative estimate of drug-likeness (QED) is 0.0589. The number of aromatic hydroxyl groups is 1. The van der Waals surface area contributed by atoms with E-state index in [0.717, 1.165) is 21.9 Å². The van der Waals surface area contributed by atoms with Gasteiger partial charge in [-0.1, -0.05) is 66.7 Å². The molecule has 0 fully saturated rings. The fourth-order valence-electron chi connectivity index (χ4n) is 6.06. The molecule has 286 valence electrons.